The summed E-state index contributed by atoms with van der Waals surface area (Å²) in [5.41, 5.74) is 1.22. The van der Waals surface area contributed by atoms with Gasteiger partial charge in [0, 0.05) is 10.8 Å². The van der Waals surface area contributed by atoms with Crippen molar-refractivity contribution in [3.8, 4) is 0 Å². The van der Waals surface area contributed by atoms with Crippen molar-refractivity contribution in [2.75, 3.05) is 13.2 Å². The van der Waals surface area contributed by atoms with Crippen molar-refractivity contribution in [1.82, 2.24) is 0 Å². The van der Waals surface area contributed by atoms with Crippen molar-refractivity contribution in [2.24, 2.45) is 10.8 Å². The smallest absolute Gasteiger partial charge is 1.00 e. The van der Waals surface area contributed by atoms with Gasteiger partial charge in [0.2, 0.25) is 0 Å². The first-order valence-corrected chi connectivity index (χ1v) is 12.6. The van der Waals surface area contributed by atoms with E-state index >= 15 is 0 Å². The van der Waals surface area contributed by atoms with Crippen LogP contribution in [0.5, 0.6) is 0 Å². The third-order valence-corrected chi connectivity index (χ3v) is 6.33. The number of esters is 2. The Morgan fingerprint density at radius 3 is 1.63 bits per heavy atom. The van der Waals surface area contributed by atoms with E-state index in [-0.39, 0.29) is 44.2 Å². The molecule has 0 bridgehead atoms. The van der Waals surface area contributed by atoms with Gasteiger partial charge >= 0.3 is 41.5 Å². The molecule has 7 nitrogen and oxygen atoms in total. The number of carbonyl (C=O) groups is 2. The molecule has 0 aliphatic carbocycles. The minimum absolute atomic E-state index is 0. The third-order valence-electron chi connectivity index (χ3n) is 5.25. The molecule has 0 aliphatic heterocycles. The van der Waals surface area contributed by atoms with Gasteiger partial charge in [-0.25, -0.2) is 0 Å². The van der Waals surface area contributed by atoms with Crippen molar-refractivity contribution in [1.29, 1.82) is 0 Å². The summed E-state index contributed by atoms with van der Waals surface area (Å²) in [5.74, 6) is -2.08. The quantitative estimate of drug-likeness (QED) is 0.259. The van der Waals surface area contributed by atoms with Gasteiger partial charge in [-0.05, 0) is 24.0 Å². The van der Waals surface area contributed by atoms with Crippen LogP contribution in [0.2, 0.25) is 0 Å². The van der Waals surface area contributed by atoms with Crippen LogP contribution in [0.1, 0.15) is 46.7 Å². The summed E-state index contributed by atoms with van der Waals surface area (Å²) >= 11 is 0. The second-order valence-corrected chi connectivity index (χ2v) is 11.7. The Morgan fingerprint density at radius 2 is 1.23 bits per heavy atom. The topological polar surface area (TPSA) is 107 Å². The molecule has 1 N–H and O–H groups in total. The second-order valence-electron chi connectivity index (χ2n) is 10.1. The monoisotopic (exact) mass is 514 g/mol. The Morgan fingerprint density at radius 1 is 0.829 bits per heavy atom. The van der Waals surface area contributed by atoms with Crippen molar-refractivity contribution < 1.29 is 63.0 Å². The number of carbonyl (C=O) groups excluding carboxylic acids is 2. The molecule has 0 aromatic heterocycles. The summed E-state index contributed by atoms with van der Waals surface area (Å²) in [6, 6.07) is 19.3. The zero-order valence-electron chi connectivity index (χ0n) is 22.2. The van der Waals surface area contributed by atoms with E-state index in [0.717, 1.165) is 11.1 Å². The first kappa shape index (κ1) is 31.3. The molecule has 1 atom stereocenters. The van der Waals surface area contributed by atoms with Crippen LogP contribution in [0.3, 0.4) is 0 Å². The summed E-state index contributed by atoms with van der Waals surface area (Å²) in [4.78, 5) is 24.8. The van der Waals surface area contributed by atoms with Crippen LogP contribution in [0.15, 0.2) is 60.7 Å². The number of hydrogen-bond donors (Lipinski definition) is 1. The Hall–Kier alpha value is -1.71. The van der Waals surface area contributed by atoms with Gasteiger partial charge in [-0.15, -0.1) is 0 Å². The fraction of sp³-hybridized carbons (Fsp3) is 0.462. The van der Waals surface area contributed by atoms with E-state index in [4.69, 9.17) is 9.47 Å². The average molecular weight is 515 g/mol. The van der Waals surface area contributed by atoms with Crippen LogP contribution in [0.25, 0.3) is 0 Å². The van der Waals surface area contributed by atoms with Gasteiger partial charge in [-0.3, -0.25) is 14.1 Å². The number of hydrogen-bond acceptors (Lipinski definition) is 6. The van der Waals surface area contributed by atoms with Gasteiger partial charge in [-0.2, -0.15) is 8.42 Å². The maximum absolute atomic E-state index is 12.5. The summed E-state index contributed by atoms with van der Waals surface area (Å²) in [7, 11) is -4.86. The zero-order chi connectivity index (χ0) is 25.4. The Balaban J connectivity index is 0.00000612. The summed E-state index contributed by atoms with van der Waals surface area (Å²) in [6.07, 6.45) is 0.412. The van der Waals surface area contributed by atoms with E-state index in [0.29, 0.717) is 12.8 Å². The second kappa shape index (κ2) is 13.6. The normalized spacial score (nSPS) is 12.8. The molecule has 0 radical (unpaired) electrons. The van der Waals surface area contributed by atoms with Crippen LogP contribution in [-0.2, 0) is 42.0 Å². The molecule has 0 saturated heterocycles. The molecule has 9 heteroatoms. The fourth-order valence-electron chi connectivity index (χ4n) is 3.55. The minimum Gasteiger partial charge on any atom is -1.00 e. The van der Waals surface area contributed by atoms with Crippen molar-refractivity contribution in [3.63, 3.8) is 0 Å². The molecule has 2 aromatic carbocycles. The Bertz CT molecular complexity index is 1060. The third kappa shape index (κ3) is 11.7. The van der Waals surface area contributed by atoms with E-state index < -0.39 is 44.6 Å². The molecule has 0 spiro atoms. The van der Waals surface area contributed by atoms with Gasteiger partial charge in [0.25, 0.3) is 10.1 Å². The van der Waals surface area contributed by atoms with Gasteiger partial charge in [0.05, 0.1) is 19.6 Å². The standard InChI is InChI=1S/C26H34O7S.Na.H/c1-25(2,16-20-11-7-5-8-12-20)18-32-23(27)15-22(34(29,30)31)24(28)33-19-26(3,4)17-21-13-9-6-10-14-21;;/h5-14,22H,15-19H2,1-4H3,(H,29,30,31);;/q;+1;-1. The van der Waals surface area contributed by atoms with E-state index in [9.17, 15) is 22.6 Å². The molecule has 0 heterocycles. The predicted molar refractivity (Wildman–Crippen MR) is 131 cm³/mol. The molecule has 2 rings (SSSR count). The first-order chi connectivity index (χ1) is 15.8. The number of benzene rings is 2. The number of ether oxygens (including phenoxy) is 2. The number of rotatable bonds is 12. The molecule has 0 aliphatic rings. The molecule has 35 heavy (non-hydrogen) atoms. The van der Waals surface area contributed by atoms with E-state index in [1.807, 2.05) is 88.4 Å². The largest absolute Gasteiger partial charge is 1.00 e. The summed E-state index contributed by atoms with van der Waals surface area (Å²) in [6.45, 7) is 7.52. The summed E-state index contributed by atoms with van der Waals surface area (Å²) < 4.78 is 43.6. The SMILES string of the molecule is CC(C)(COC(=O)CC(C(=O)OCC(C)(C)Cc1ccccc1)S(=O)(=O)O)Cc1ccccc1.[H-].[Na+]. The predicted octanol–water partition coefficient (Wildman–Crippen LogP) is 1.37. The molecular weight excluding hydrogens is 479 g/mol. The van der Waals surface area contributed by atoms with Crippen molar-refractivity contribution >= 4 is 22.1 Å². The average Bonchev–Trinajstić information content (AvgIpc) is 2.74. The van der Waals surface area contributed by atoms with Gasteiger partial charge in [0.15, 0.2) is 5.25 Å². The maximum atomic E-state index is 12.5. The first-order valence-electron chi connectivity index (χ1n) is 11.1. The zero-order valence-corrected chi connectivity index (χ0v) is 24.0. The van der Waals surface area contributed by atoms with Gasteiger partial charge in [-0.1, -0.05) is 88.4 Å². The van der Waals surface area contributed by atoms with Crippen LogP contribution in [0, 0.1) is 10.8 Å². The van der Waals surface area contributed by atoms with Crippen LogP contribution >= 0.6 is 0 Å². The molecular formula is C26H35NaO7S. The van der Waals surface area contributed by atoms with E-state index in [2.05, 4.69) is 0 Å². The van der Waals surface area contributed by atoms with Gasteiger partial charge in [0.1, 0.15) is 0 Å². The molecule has 0 fully saturated rings. The van der Waals surface area contributed by atoms with Crippen LogP contribution in [0.4, 0.5) is 0 Å². The maximum Gasteiger partial charge on any atom is 1.00 e. The summed E-state index contributed by atoms with van der Waals surface area (Å²) in [5, 5.41) is -2.04. The molecule has 1 unspecified atom stereocenters. The fourth-order valence-corrected chi connectivity index (χ4v) is 4.21. The van der Waals surface area contributed by atoms with Gasteiger partial charge < -0.3 is 10.9 Å². The molecule has 188 valence electrons. The Labute approximate surface area is 232 Å². The molecule has 0 amide bonds. The van der Waals surface area contributed by atoms with Crippen LogP contribution in [-0.4, -0.2) is 43.4 Å². The molecule has 0 saturated carbocycles. The Kier molecular flexibility index (Phi) is 12.1. The van der Waals surface area contributed by atoms with Crippen LogP contribution < -0.4 is 29.6 Å². The van der Waals surface area contributed by atoms with E-state index in [1.54, 1.807) is 0 Å². The van der Waals surface area contributed by atoms with Crippen molar-refractivity contribution in [3.05, 3.63) is 71.8 Å². The minimum atomic E-state index is -4.86. The van der Waals surface area contributed by atoms with E-state index in [1.165, 1.54) is 0 Å². The van der Waals surface area contributed by atoms with Crippen molar-refractivity contribution in [2.45, 2.75) is 52.2 Å². The molecule has 2 aromatic rings.